The van der Waals surface area contributed by atoms with Crippen LogP contribution in [0.5, 0.6) is 0 Å². The lowest BCUT2D eigenvalue weighted by Crippen LogP contribution is -2.12. The standard InChI is InChI=1S/C23H19N5O2S2/c1-16-2-8-20(9-3-16)32(29,30)27-19-6-4-18(5-7-19)25-22-23-26-21(17-10-13-31-15-17)14-28(23)12-11-24-22/h2-15,27H,1H3,(H,24,25). The molecule has 9 heteroatoms. The molecule has 0 radical (unpaired) electrons. The third-order valence-electron chi connectivity index (χ3n) is 4.92. The van der Waals surface area contributed by atoms with E-state index in [2.05, 4.69) is 20.4 Å². The van der Waals surface area contributed by atoms with Crippen LogP contribution in [-0.2, 0) is 10.0 Å². The van der Waals surface area contributed by atoms with Crippen molar-refractivity contribution in [2.45, 2.75) is 11.8 Å². The summed E-state index contributed by atoms with van der Waals surface area (Å²) in [5.74, 6) is 0.613. The van der Waals surface area contributed by atoms with E-state index in [0.717, 1.165) is 22.5 Å². The summed E-state index contributed by atoms with van der Waals surface area (Å²) in [6.07, 6.45) is 5.53. The smallest absolute Gasteiger partial charge is 0.261 e. The third-order valence-corrected chi connectivity index (χ3v) is 7.00. The maximum Gasteiger partial charge on any atom is 0.261 e. The number of rotatable bonds is 6. The number of fused-ring (bicyclic) bond motifs is 1. The number of sulfonamides is 1. The Balaban J connectivity index is 1.36. The Labute approximate surface area is 189 Å². The van der Waals surface area contributed by atoms with Crippen LogP contribution < -0.4 is 10.0 Å². The minimum absolute atomic E-state index is 0.224. The Morgan fingerprint density at radius 2 is 1.72 bits per heavy atom. The topological polar surface area (TPSA) is 88.4 Å². The van der Waals surface area contributed by atoms with Crippen LogP contribution in [0.15, 0.2) is 88.8 Å². The molecule has 3 aromatic heterocycles. The first kappa shape index (κ1) is 20.2. The molecule has 2 aromatic carbocycles. The Bertz CT molecular complexity index is 1470. The number of nitrogens with zero attached hydrogens (tertiary/aromatic N) is 3. The number of aromatic nitrogens is 3. The van der Waals surface area contributed by atoms with E-state index in [1.54, 1.807) is 66.1 Å². The number of benzene rings is 2. The largest absolute Gasteiger partial charge is 0.337 e. The molecule has 5 rings (SSSR count). The average molecular weight is 462 g/mol. The van der Waals surface area contributed by atoms with Crippen molar-refractivity contribution in [1.29, 1.82) is 0 Å². The van der Waals surface area contributed by atoms with Crippen molar-refractivity contribution in [2.75, 3.05) is 10.0 Å². The minimum Gasteiger partial charge on any atom is -0.337 e. The second-order valence-corrected chi connectivity index (χ2v) is 9.73. The molecule has 0 aliphatic carbocycles. The molecule has 0 aliphatic heterocycles. The molecule has 5 aromatic rings. The molecule has 160 valence electrons. The van der Waals surface area contributed by atoms with E-state index in [9.17, 15) is 8.42 Å². The van der Waals surface area contributed by atoms with Crippen molar-refractivity contribution >= 4 is 44.2 Å². The number of aryl methyl sites for hydroxylation is 1. The molecule has 0 saturated heterocycles. The highest BCUT2D eigenvalue weighted by Crippen LogP contribution is 2.26. The summed E-state index contributed by atoms with van der Waals surface area (Å²) in [5.41, 5.74) is 4.89. The number of imidazole rings is 1. The van der Waals surface area contributed by atoms with Crippen molar-refractivity contribution in [3.8, 4) is 11.3 Å². The van der Waals surface area contributed by atoms with Crippen LogP contribution in [0.1, 0.15) is 5.56 Å². The van der Waals surface area contributed by atoms with Crippen molar-refractivity contribution in [2.24, 2.45) is 0 Å². The van der Waals surface area contributed by atoms with Gasteiger partial charge in [0.15, 0.2) is 11.5 Å². The monoisotopic (exact) mass is 461 g/mol. The van der Waals surface area contributed by atoms with Gasteiger partial charge in [-0.05, 0) is 54.8 Å². The van der Waals surface area contributed by atoms with Crippen LogP contribution in [-0.4, -0.2) is 22.8 Å². The Morgan fingerprint density at radius 1 is 0.969 bits per heavy atom. The maximum absolute atomic E-state index is 12.6. The normalized spacial score (nSPS) is 11.5. The van der Waals surface area contributed by atoms with Crippen LogP contribution in [0.4, 0.5) is 17.2 Å². The summed E-state index contributed by atoms with van der Waals surface area (Å²) in [7, 11) is -3.64. The van der Waals surface area contributed by atoms with Gasteiger partial charge in [-0.3, -0.25) is 4.72 Å². The minimum atomic E-state index is -3.64. The van der Waals surface area contributed by atoms with Gasteiger partial charge in [-0.1, -0.05) is 17.7 Å². The molecule has 0 bridgehead atoms. The first-order chi connectivity index (χ1) is 15.5. The van der Waals surface area contributed by atoms with E-state index in [4.69, 9.17) is 4.98 Å². The van der Waals surface area contributed by atoms with Crippen LogP contribution in [0, 0.1) is 6.92 Å². The van der Waals surface area contributed by atoms with Gasteiger partial charge >= 0.3 is 0 Å². The predicted molar refractivity (Wildman–Crippen MR) is 128 cm³/mol. The second-order valence-electron chi connectivity index (χ2n) is 7.27. The van der Waals surface area contributed by atoms with Gasteiger partial charge in [0.05, 0.1) is 10.6 Å². The molecule has 3 heterocycles. The molecule has 0 amide bonds. The molecule has 0 aliphatic rings. The highest BCUT2D eigenvalue weighted by atomic mass is 32.2. The zero-order valence-electron chi connectivity index (χ0n) is 17.1. The lowest BCUT2D eigenvalue weighted by atomic mass is 10.2. The van der Waals surface area contributed by atoms with Gasteiger partial charge < -0.3 is 9.72 Å². The maximum atomic E-state index is 12.6. The molecule has 0 fully saturated rings. The zero-order chi connectivity index (χ0) is 22.1. The van der Waals surface area contributed by atoms with Gasteiger partial charge in [-0.15, -0.1) is 0 Å². The summed E-state index contributed by atoms with van der Waals surface area (Å²) >= 11 is 1.63. The molecule has 0 unspecified atom stereocenters. The third kappa shape index (κ3) is 4.08. The molecule has 2 N–H and O–H groups in total. The molecular formula is C23H19N5O2S2. The summed E-state index contributed by atoms with van der Waals surface area (Å²) < 4.78 is 29.7. The van der Waals surface area contributed by atoms with Crippen molar-refractivity contribution in [3.63, 3.8) is 0 Å². The van der Waals surface area contributed by atoms with E-state index in [-0.39, 0.29) is 4.90 Å². The first-order valence-corrected chi connectivity index (χ1v) is 12.2. The number of hydrogen-bond donors (Lipinski definition) is 2. The fourth-order valence-corrected chi connectivity index (χ4v) is 4.96. The molecular weight excluding hydrogens is 442 g/mol. The lowest BCUT2D eigenvalue weighted by Gasteiger charge is -2.10. The number of thiophene rings is 1. The summed E-state index contributed by atoms with van der Waals surface area (Å²) in [6, 6.07) is 15.8. The van der Waals surface area contributed by atoms with Crippen molar-refractivity contribution in [1.82, 2.24) is 14.4 Å². The number of anilines is 3. The van der Waals surface area contributed by atoms with Gasteiger partial charge in [0.2, 0.25) is 0 Å². The Hall–Kier alpha value is -3.69. The molecule has 0 spiro atoms. The van der Waals surface area contributed by atoms with Gasteiger partial charge in [0.25, 0.3) is 10.0 Å². The predicted octanol–water partition coefficient (Wildman–Crippen LogP) is 5.31. The SMILES string of the molecule is Cc1ccc(S(=O)(=O)Nc2ccc(Nc3nccn4cc(-c5ccsc5)nc34)cc2)cc1. The fourth-order valence-electron chi connectivity index (χ4n) is 3.25. The summed E-state index contributed by atoms with van der Waals surface area (Å²) in [6.45, 7) is 1.91. The lowest BCUT2D eigenvalue weighted by molar-refractivity contribution is 0.601. The van der Waals surface area contributed by atoms with E-state index in [1.807, 2.05) is 35.2 Å². The fraction of sp³-hybridized carbons (Fsp3) is 0.0435. The second kappa shape index (κ2) is 8.10. The Morgan fingerprint density at radius 3 is 2.44 bits per heavy atom. The van der Waals surface area contributed by atoms with Gasteiger partial charge in [-0.2, -0.15) is 11.3 Å². The highest BCUT2D eigenvalue weighted by Gasteiger charge is 2.14. The molecule has 32 heavy (non-hydrogen) atoms. The van der Waals surface area contributed by atoms with E-state index >= 15 is 0 Å². The van der Waals surface area contributed by atoms with Crippen LogP contribution in [0.3, 0.4) is 0 Å². The molecule has 0 saturated carbocycles. The van der Waals surface area contributed by atoms with Gasteiger partial charge in [0, 0.05) is 40.9 Å². The first-order valence-electron chi connectivity index (χ1n) is 9.81. The zero-order valence-corrected chi connectivity index (χ0v) is 18.7. The van der Waals surface area contributed by atoms with E-state index in [1.165, 1.54) is 0 Å². The van der Waals surface area contributed by atoms with Gasteiger partial charge in [-0.25, -0.2) is 18.4 Å². The quantitative estimate of drug-likeness (QED) is 0.358. The summed E-state index contributed by atoms with van der Waals surface area (Å²) in [4.78, 5) is 9.36. The molecule has 7 nitrogen and oxygen atoms in total. The Kier molecular flexibility index (Phi) is 5.12. The highest BCUT2D eigenvalue weighted by molar-refractivity contribution is 7.92. The van der Waals surface area contributed by atoms with E-state index < -0.39 is 10.0 Å². The van der Waals surface area contributed by atoms with Crippen molar-refractivity contribution in [3.05, 3.63) is 89.5 Å². The average Bonchev–Trinajstić information content (AvgIpc) is 3.45. The summed E-state index contributed by atoms with van der Waals surface area (Å²) in [5, 5.41) is 7.34. The van der Waals surface area contributed by atoms with Crippen LogP contribution in [0.25, 0.3) is 16.9 Å². The van der Waals surface area contributed by atoms with Crippen LogP contribution >= 0.6 is 11.3 Å². The molecule has 0 atom stereocenters. The number of hydrogen-bond acceptors (Lipinski definition) is 6. The van der Waals surface area contributed by atoms with E-state index in [0.29, 0.717) is 17.2 Å². The van der Waals surface area contributed by atoms with Gasteiger partial charge in [0.1, 0.15) is 0 Å². The van der Waals surface area contributed by atoms with Crippen molar-refractivity contribution < 1.29 is 8.42 Å². The van der Waals surface area contributed by atoms with Crippen LogP contribution in [0.2, 0.25) is 0 Å². The number of nitrogens with one attached hydrogen (secondary N) is 2.